The Bertz CT molecular complexity index is 623. The van der Waals surface area contributed by atoms with Crippen LogP contribution < -0.4 is 10.1 Å². The van der Waals surface area contributed by atoms with Crippen molar-refractivity contribution < 1.29 is 14.3 Å². The van der Waals surface area contributed by atoms with Crippen LogP contribution in [0.2, 0.25) is 0 Å². The van der Waals surface area contributed by atoms with Gasteiger partial charge in [-0.1, -0.05) is 37.8 Å². The van der Waals surface area contributed by atoms with E-state index in [2.05, 4.69) is 5.32 Å². The first kappa shape index (κ1) is 18.7. The second-order valence-electron chi connectivity index (χ2n) is 7.54. The number of nitrogens with zero attached hydrogens (tertiary/aromatic N) is 1. The van der Waals surface area contributed by atoms with Crippen LogP contribution in [0.15, 0.2) is 24.3 Å². The maximum atomic E-state index is 12.6. The van der Waals surface area contributed by atoms with Crippen molar-refractivity contribution in [2.24, 2.45) is 5.92 Å². The molecule has 26 heavy (non-hydrogen) atoms. The lowest BCUT2D eigenvalue weighted by atomic mass is 10.0. The predicted octanol–water partition coefficient (Wildman–Crippen LogP) is 2.93. The van der Waals surface area contributed by atoms with Gasteiger partial charge in [0.05, 0.1) is 13.0 Å². The largest absolute Gasteiger partial charge is 0.497 e. The van der Waals surface area contributed by atoms with E-state index < -0.39 is 0 Å². The van der Waals surface area contributed by atoms with E-state index in [1.807, 2.05) is 29.2 Å². The van der Waals surface area contributed by atoms with Crippen LogP contribution in [0.5, 0.6) is 5.75 Å². The number of likely N-dealkylation sites (tertiary alicyclic amines) is 1. The van der Waals surface area contributed by atoms with E-state index in [0.29, 0.717) is 25.6 Å². The fourth-order valence-corrected chi connectivity index (χ4v) is 4.00. The topological polar surface area (TPSA) is 58.6 Å². The Morgan fingerprint density at radius 3 is 2.73 bits per heavy atom. The van der Waals surface area contributed by atoms with Crippen molar-refractivity contribution in [3.63, 3.8) is 0 Å². The van der Waals surface area contributed by atoms with Crippen LogP contribution >= 0.6 is 0 Å². The predicted molar refractivity (Wildman–Crippen MR) is 101 cm³/mol. The summed E-state index contributed by atoms with van der Waals surface area (Å²) in [5, 5.41) is 3.20. The van der Waals surface area contributed by atoms with Gasteiger partial charge in [-0.2, -0.15) is 0 Å². The maximum absolute atomic E-state index is 12.6. The third kappa shape index (κ3) is 4.99. The summed E-state index contributed by atoms with van der Waals surface area (Å²) in [4.78, 5) is 26.7. The highest BCUT2D eigenvalue weighted by molar-refractivity contribution is 5.89. The molecule has 5 nitrogen and oxygen atoms in total. The Kier molecular flexibility index (Phi) is 6.53. The van der Waals surface area contributed by atoms with Gasteiger partial charge in [0.1, 0.15) is 5.75 Å². The minimum Gasteiger partial charge on any atom is -0.497 e. The molecule has 2 aliphatic rings. The van der Waals surface area contributed by atoms with Crippen LogP contribution in [0, 0.1) is 5.92 Å². The van der Waals surface area contributed by atoms with Gasteiger partial charge in [-0.3, -0.25) is 9.59 Å². The van der Waals surface area contributed by atoms with Gasteiger partial charge in [0.2, 0.25) is 11.8 Å². The first-order chi connectivity index (χ1) is 12.7. The molecule has 1 aliphatic carbocycles. The number of hydrogen-bond donors (Lipinski definition) is 1. The number of nitrogens with one attached hydrogen (secondary N) is 1. The fraction of sp³-hybridized carbons (Fsp3) is 0.619. The van der Waals surface area contributed by atoms with Crippen LogP contribution in [-0.2, 0) is 16.0 Å². The number of benzene rings is 1. The monoisotopic (exact) mass is 358 g/mol. The van der Waals surface area contributed by atoms with Gasteiger partial charge in [0.25, 0.3) is 0 Å². The van der Waals surface area contributed by atoms with Gasteiger partial charge < -0.3 is 15.0 Å². The second kappa shape index (κ2) is 9.06. The zero-order valence-corrected chi connectivity index (χ0v) is 15.7. The van der Waals surface area contributed by atoms with Crippen molar-refractivity contribution in [3.8, 4) is 5.75 Å². The van der Waals surface area contributed by atoms with Crippen molar-refractivity contribution in [1.82, 2.24) is 10.2 Å². The molecule has 1 N–H and O–H groups in total. The quantitative estimate of drug-likeness (QED) is 0.796. The Balaban J connectivity index is 1.48. The van der Waals surface area contributed by atoms with Gasteiger partial charge in [0.15, 0.2) is 0 Å². The van der Waals surface area contributed by atoms with Gasteiger partial charge >= 0.3 is 0 Å². The van der Waals surface area contributed by atoms with Crippen molar-refractivity contribution >= 4 is 11.8 Å². The van der Waals surface area contributed by atoms with Gasteiger partial charge in [-0.25, -0.2) is 0 Å². The molecule has 0 radical (unpaired) electrons. The zero-order chi connectivity index (χ0) is 18.4. The average molecular weight is 358 g/mol. The van der Waals surface area contributed by atoms with E-state index in [4.69, 9.17) is 4.74 Å². The zero-order valence-electron chi connectivity index (χ0n) is 15.7. The molecule has 1 aliphatic heterocycles. The number of carbonyl (C=O) groups is 2. The Morgan fingerprint density at radius 2 is 2.00 bits per heavy atom. The molecule has 1 aromatic carbocycles. The summed E-state index contributed by atoms with van der Waals surface area (Å²) in [7, 11) is 1.65. The third-order valence-corrected chi connectivity index (χ3v) is 5.59. The molecule has 2 amide bonds. The molecule has 0 aromatic heterocycles. The van der Waals surface area contributed by atoms with E-state index in [9.17, 15) is 9.59 Å². The first-order valence-corrected chi connectivity index (χ1v) is 9.87. The summed E-state index contributed by atoms with van der Waals surface area (Å²) >= 11 is 0. The molecule has 0 bridgehead atoms. The Hall–Kier alpha value is -2.04. The summed E-state index contributed by atoms with van der Waals surface area (Å²) in [6, 6.07) is 8.21. The van der Waals surface area contributed by atoms with Crippen molar-refractivity contribution in [3.05, 3.63) is 29.8 Å². The summed E-state index contributed by atoms with van der Waals surface area (Å²) in [6.07, 6.45) is 8.20. The summed E-state index contributed by atoms with van der Waals surface area (Å²) in [5.41, 5.74) is 1.14. The van der Waals surface area contributed by atoms with Crippen LogP contribution in [-0.4, -0.2) is 43.0 Å². The first-order valence-electron chi connectivity index (χ1n) is 9.87. The highest BCUT2D eigenvalue weighted by Gasteiger charge is 2.34. The molecule has 2 fully saturated rings. The fourth-order valence-electron chi connectivity index (χ4n) is 4.00. The van der Waals surface area contributed by atoms with Crippen LogP contribution in [0.25, 0.3) is 0 Å². The summed E-state index contributed by atoms with van der Waals surface area (Å²) in [6.45, 7) is 1.20. The Labute approximate surface area is 156 Å². The highest BCUT2D eigenvalue weighted by atomic mass is 16.5. The lowest BCUT2D eigenvalue weighted by molar-refractivity contribution is -0.129. The van der Waals surface area contributed by atoms with Crippen LogP contribution in [0.3, 0.4) is 0 Å². The second-order valence-corrected chi connectivity index (χ2v) is 7.54. The number of rotatable bonds is 6. The van der Waals surface area contributed by atoms with E-state index in [-0.39, 0.29) is 17.7 Å². The molecule has 1 unspecified atom stereocenters. The maximum Gasteiger partial charge on any atom is 0.225 e. The molecule has 3 rings (SSSR count). The third-order valence-electron chi connectivity index (χ3n) is 5.59. The van der Waals surface area contributed by atoms with Crippen molar-refractivity contribution in [2.75, 3.05) is 20.2 Å². The van der Waals surface area contributed by atoms with Crippen molar-refractivity contribution in [2.45, 2.75) is 57.4 Å². The number of amides is 2. The van der Waals surface area contributed by atoms with Gasteiger partial charge in [-0.15, -0.1) is 0 Å². The average Bonchev–Trinajstić information content (AvgIpc) is 2.85. The standard InChI is InChI=1S/C21H30N2O3/c1-26-19-10-6-7-16(13-19)11-12-23-15-17(14-20(23)24)21(25)22-18-8-4-2-3-5-9-18/h6-7,10,13,17-18H,2-5,8-9,11-12,14-15H2,1H3,(H,22,25). The minimum absolute atomic E-state index is 0.0640. The Morgan fingerprint density at radius 1 is 1.23 bits per heavy atom. The smallest absolute Gasteiger partial charge is 0.225 e. The number of carbonyl (C=O) groups excluding carboxylic acids is 2. The molecule has 1 saturated heterocycles. The van der Waals surface area contributed by atoms with Crippen LogP contribution in [0.4, 0.5) is 0 Å². The van der Waals surface area contributed by atoms with Gasteiger partial charge in [-0.05, 0) is 37.0 Å². The molecule has 1 aromatic rings. The highest BCUT2D eigenvalue weighted by Crippen LogP contribution is 2.22. The van der Waals surface area contributed by atoms with E-state index in [1.165, 1.54) is 25.7 Å². The van der Waals surface area contributed by atoms with E-state index in [1.54, 1.807) is 7.11 Å². The van der Waals surface area contributed by atoms with E-state index >= 15 is 0 Å². The lowest BCUT2D eigenvalue weighted by Crippen LogP contribution is -2.39. The minimum atomic E-state index is -0.198. The normalized spacial score (nSPS) is 21.5. The summed E-state index contributed by atoms with van der Waals surface area (Å²) < 4.78 is 5.24. The molecule has 142 valence electrons. The number of methoxy groups -OCH3 is 1. The SMILES string of the molecule is COc1cccc(CCN2CC(C(=O)NC3CCCCCC3)CC2=O)c1. The molecular formula is C21H30N2O3. The molecule has 1 saturated carbocycles. The molecule has 0 spiro atoms. The molecule has 1 heterocycles. The number of hydrogen-bond acceptors (Lipinski definition) is 3. The molecule has 1 atom stereocenters. The molecule has 5 heteroatoms. The van der Waals surface area contributed by atoms with E-state index in [0.717, 1.165) is 30.6 Å². The number of ether oxygens (including phenoxy) is 1. The van der Waals surface area contributed by atoms with Gasteiger partial charge in [0, 0.05) is 25.6 Å². The van der Waals surface area contributed by atoms with Crippen molar-refractivity contribution in [1.29, 1.82) is 0 Å². The summed E-state index contributed by atoms with van der Waals surface area (Å²) in [5.74, 6) is 0.787. The van der Waals surface area contributed by atoms with Crippen LogP contribution in [0.1, 0.15) is 50.5 Å². The molecular weight excluding hydrogens is 328 g/mol. The lowest BCUT2D eigenvalue weighted by Gasteiger charge is -2.20.